The first kappa shape index (κ1) is 14.5. The van der Waals surface area contributed by atoms with Gasteiger partial charge in [-0.15, -0.1) is 0 Å². The van der Waals surface area contributed by atoms with Crippen LogP contribution in [-0.2, 0) is 0 Å². The van der Waals surface area contributed by atoms with Crippen LogP contribution < -0.4 is 4.90 Å². The molecule has 0 fully saturated rings. The lowest BCUT2D eigenvalue weighted by Gasteiger charge is -2.26. The van der Waals surface area contributed by atoms with Crippen LogP contribution in [0.5, 0.6) is 0 Å². The Bertz CT molecular complexity index is 536. The first-order valence-corrected chi connectivity index (χ1v) is 6.85. The number of aryl methyl sites for hydroxylation is 1. The van der Waals surface area contributed by atoms with Crippen molar-refractivity contribution < 1.29 is 9.50 Å². The van der Waals surface area contributed by atoms with Gasteiger partial charge in [0.2, 0.25) is 0 Å². The largest absolute Gasteiger partial charge is 0.387 e. The number of likely N-dealkylation sites (N-methyl/N-ethyl adjacent to an activating group) is 1. The van der Waals surface area contributed by atoms with Gasteiger partial charge in [0.25, 0.3) is 0 Å². The number of rotatable bonds is 5. The number of hydrogen-bond acceptors (Lipinski definition) is 2. The zero-order chi connectivity index (χ0) is 14.5. The summed E-state index contributed by atoms with van der Waals surface area (Å²) in [7, 11) is 0. The summed E-state index contributed by atoms with van der Waals surface area (Å²) in [5.74, 6) is -0.246. The average Bonchev–Trinajstić information content (AvgIpc) is 2.46. The fourth-order valence-electron chi connectivity index (χ4n) is 2.17. The standard InChI is InChI=1S/C17H20FNO/c1-3-19(16-10-8-15(18)9-11-16)12-17(20)14-6-4-13(2)5-7-14/h4-11,17,20H,3,12H2,1-2H3. The minimum absolute atomic E-state index is 0.246. The van der Waals surface area contributed by atoms with E-state index in [-0.39, 0.29) is 5.82 Å². The molecule has 0 aliphatic rings. The van der Waals surface area contributed by atoms with E-state index >= 15 is 0 Å². The molecular formula is C17H20FNO. The summed E-state index contributed by atoms with van der Waals surface area (Å²) in [5, 5.41) is 10.3. The van der Waals surface area contributed by atoms with Crippen molar-refractivity contribution in [1.82, 2.24) is 0 Å². The summed E-state index contributed by atoms with van der Waals surface area (Å²) in [6.07, 6.45) is -0.555. The molecule has 2 aromatic rings. The first-order chi connectivity index (χ1) is 9.60. The fourth-order valence-corrected chi connectivity index (χ4v) is 2.17. The summed E-state index contributed by atoms with van der Waals surface area (Å²) >= 11 is 0. The van der Waals surface area contributed by atoms with Gasteiger partial charge >= 0.3 is 0 Å². The highest BCUT2D eigenvalue weighted by atomic mass is 19.1. The maximum Gasteiger partial charge on any atom is 0.123 e. The summed E-state index contributed by atoms with van der Waals surface area (Å²) in [6, 6.07) is 14.2. The molecule has 0 spiro atoms. The van der Waals surface area contributed by atoms with Crippen molar-refractivity contribution in [2.24, 2.45) is 0 Å². The fraction of sp³-hybridized carbons (Fsp3) is 0.294. The normalized spacial score (nSPS) is 12.2. The highest BCUT2D eigenvalue weighted by Crippen LogP contribution is 2.20. The molecule has 2 rings (SSSR count). The van der Waals surface area contributed by atoms with Crippen LogP contribution in [0, 0.1) is 12.7 Å². The Morgan fingerprint density at radius 3 is 2.20 bits per heavy atom. The van der Waals surface area contributed by atoms with Crippen molar-refractivity contribution in [2.75, 3.05) is 18.0 Å². The molecule has 0 aliphatic heterocycles. The Balaban J connectivity index is 2.09. The van der Waals surface area contributed by atoms with Crippen LogP contribution in [0.4, 0.5) is 10.1 Å². The Morgan fingerprint density at radius 2 is 1.65 bits per heavy atom. The number of nitrogens with zero attached hydrogens (tertiary/aromatic N) is 1. The third-order valence-corrected chi connectivity index (χ3v) is 3.43. The quantitative estimate of drug-likeness (QED) is 0.898. The second-order valence-corrected chi connectivity index (χ2v) is 4.94. The van der Waals surface area contributed by atoms with Gasteiger partial charge in [0.1, 0.15) is 5.82 Å². The van der Waals surface area contributed by atoms with E-state index in [4.69, 9.17) is 0 Å². The molecule has 1 N–H and O–H groups in total. The van der Waals surface area contributed by atoms with E-state index in [2.05, 4.69) is 0 Å². The Hall–Kier alpha value is -1.87. The van der Waals surface area contributed by atoms with Gasteiger partial charge in [0.05, 0.1) is 6.10 Å². The van der Waals surface area contributed by atoms with Crippen LogP contribution in [0.15, 0.2) is 48.5 Å². The second kappa shape index (κ2) is 6.53. The van der Waals surface area contributed by atoms with Gasteiger partial charge in [0, 0.05) is 18.8 Å². The molecule has 0 heterocycles. The van der Waals surface area contributed by atoms with Crippen LogP contribution in [-0.4, -0.2) is 18.2 Å². The van der Waals surface area contributed by atoms with Gasteiger partial charge in [-0.05, 0) is 43.7 Å². The summed E-state index contributed by atoms with van der Waals surface area (Å²) in [6.45, 7) is 5.29. The zero-order valence-corrected chi connectivity index (χ0v) is 11.9. The van der Waals surface area contributed by atoms with Crippen molar-refractivity contribution >= 4 is 5.69 Å². The van der Waals surface area contributed by atoms with Crippen molar-refractivity contribution in [2.45, 2.75) is 20.0 Å². The predicted octanol–water partition coefficient (Wildman–Crippen LogP) is 3.69. The van der Waals surface area contributed by atoms with Gasteiger partial charge in [0.15, 0.2) is 0 Å². The first-order valence-electron chi connectivity index (χ1n) is 6.85. The van der Waals surface area contributed by atoms with Crippen LogP contribution in [0.25, 0.3) is 0 Å². The van der Waals surface area contributed by atoms with Gasteiger partial charge in [-0.25, -0.2) is 4.39 Å². The minimum atomic E-state index is -0.555. The molecule has 2 aromatic carbocycles. The summed E-state index contributed by atoms with van der Waals surface area (Å²) in [5.41, 5.74) is 2.99. The van der Waals surface area contributed by atoms with Gasteiger partial charge in [-0.3, -0.25) is 0 Å². The van der Waals surface area contributed by atoms with Crippen LogP contribution in [0.2, 0.25) is 0 Å². The molecule has 0 radical (unpaired) electrons. The highest BCUT2D eigenvalue weighted by Gasteiger charge is 2.13. The second-order valence-electron chi connectivity index (χ2n) is 4.94. The molecule has 0 aliphatic carbocycles. The number of aliphatic hydroxyl groups excluding tert-OH is 1. The van der Waals surface area contributed by atoms with E-state index in [1.807, 2.05) is 43.0 Å². The highest BCUT2D eigenvalue weighted by molar-refractivity contribution is 5.46. The number of anilines is 1. The van der Waals surface area contributed by atoms with E-state index in [0.717, 1.165) is 17.8 Å². The molecule has 1 atom stereocenters. The van der Waals surface area contributed by atoms with Crippen molar-refractivity contribution in [3.63, 3.8) is 0 Å². The van der Waals surface area contributed by atoms with Crippen molar-refractivity contribution in [1.29, 1.82) is 0 Å². The van der Waals surface area contributed by atoms with E-state index in [1.165, 1.54) is 17.7 Å². The summed E-state index contributed by atoms with van der Waals surface area (Å²) in [4.78, 5) is 2.03. The Kier molecular flexibility index (Phi) is 4.74. The zero-order valence-electron chi connectivity index (χ0n) is 11.9. The maximum absolute atomic E-state index is 13.0. The molecule has 20 heavy (non-hydrogen) atoms. The van der Waals surface area contributed by atoms with Crippen molar-refractivity contribution in [3.05, 3.63) is 65.5 Å². The molecule has 0 saturated carbocycles. The van der Waals surface area contributed by atoms with Crippen LogP contribution >= 0.6 is 0 Å². The molecule has 0 amide bonds. The number of benzene rings is 2. The number of aliphatic hydroxyl groups is 1. The lowest BCUT2D eigenvalue weighted by molar-refractivity contribution is 0.183. The molecule has 106 valence electrons. The van der Waals surface area contributed by atoms with Crippen molar-refractivity contribution in [3.8, 4) is 0 Å². The third-order valence-electron chi connectivity index (χ3n) is 3.43. The SMILES string of the molecule is CCN(CC(O)c1ccc(C)cc1)c1ccc(F)cc1. The van der Waals surface area contributed by atoms with Gasteiger partial charge in [-0.2, -0.15) is 0 Å². The molecule has 0 bridgehead atoms. The molecule has 1 unspecified atom stereocenters. The smallest absolute Gasteiger partial charge is 0.123 e. The minimum Gasteiger partial charge on any atom is -0.387 e. The Morgan fingerprint density at radius 1 is 1.05 bits per heavy atom. The number of hydrogen-bond donors (Lipinski definition) is 1. The molecule has 2 nitrogen and oxygen atoms in total. The molecule has 0 aromatic heterocycles. The van der Waals surface area contributed by atoms with E-state index in [0.29, 0.717) is 6.54 Å². The van der Waals surface area contributed by atoms with E-state index < -0.39 is 6.10 Å². The van der Waals surface area contributed by atoms with Gasteiger partial charge in [-0.1, -0.05) is 29.8 Å². The van der Waals surface area contributed by atoms with Crippen LogP contribution in [0.3, 0.4) is 0 Å². The predicted molar refractivity (Wildman–Crippen MR) is 80.4 cm³/mol. The number of halogens is 1. The van der Waals surface area contributed by atoms with E-state index in [1.54, 1.807) is 12.1 Å². The van der Waals surface area contributed by atoms with Gasteiger partial charge < -0.3 is 10.0 Å². The monoisotopic (exact) mass is 273 g/mol. The van der Waals surface area contributed by atoms with E-state index in [9.17, 15) is 9.50 Å². The molecule has 3 heteroatoms. The topological polar surface area (TPSA) is 23.5 Å². The third kappa shape index (κ3) is 3.58. The Labute approximate surface area is 119 Å². The lowest BCUT2D eigenvalue weighted by atomic mass is 10.1. The molecular weight excluding hydrogens is 253 g/mol. The maximum atomic E-state index is 13.0. The average molecular weight is 273 g/mol. The van der Waals surface area contributed by atoms with Crippen LogP contribution in [0.1, 0.15) is 24.2 Å². The lowest BCUT2D eigenvalue weighted by Crippen LogP contribution is -2.28. The summed E-state index contributed by atoms with van der Waals surface area (Å²) < 4.78 is 13.0. The molecule has 0 saturated heterocycles.